The van der Waals surface area contributed by atoms with Crippen molar-refractivity contribution in [2.75, 3.05) is 29.9 Å². The van der Waals surface area contributed by atoms with E-state index < -0.39 is 5.91 Å². The number of amides is 2. The molecule has 6 heteroatoms. The van der Waals surface area contributed by atoms with Crippen molar-refractivity contribution in [1.29, 1.82) is 0 Å². The molecule has 2 aromatic carbocycles. The molecule has 130 valence electrons. The van der Waals surface area contributed by atoms with Crippen LogP contribution in [0, 0.1) is 0 Å². The van der Waals surface area contributed by atoms with Crippen LogP contribution in [0.2, 0.25) is 0 Å². The topological polar surface area (TPSA) is 84.7 Å². The quantitative estimate of drug-likeness (QED) is 0.846. The molecular formula is C19H21N3O3. The smallest absolute Gasteiger partial charge is 0.262 e. The number of primary amides is 1. The second-order valence-corrected chi connectivity index (χ2v) is 5.94. The normalized spacial score (nSPS) is 13.5. The minimum Gasteiger partial charge on any atom is -0.483 e. The highest BCUT2D eigenvalue weighted by atomic mass is 16.5. The van der Waals surface area contributed by atoms with Gasteiger partial charge in [-0.05, 0) is 49.2 Å². The number of rotatable bonds is 6. The molecule has 3 rings (SSSR count). The molecule has 1 saturated heterocycles. The van der Waals surface area contributed by atoms with E-state index in [0.717, 1.165) is 13.1 Å². The van der Waals surface area contributed by atoms with Crippen LogP contribution in [0.15, 0.2) is 48.5 Å². The molecule has 0 saturated carbocycles. The van der Waals surface area contributed by atoms with Gasteiger partial charge in [0, 0.05) is 24.5 Å². The zero-order valence-electron chi connectivity index (χ0n) is 13.9. The molecule has 3 N–H and O–H groups in total. The molecular weight excluding hydrogens is 318 g/mol. The first-order chi connectivity index (χ1) is 12.1. The first kappa shape index (κ1) is 16.8. The Bertz CT molecular complexity index is 753. The molecule has 0 radical (unpaired) electrons. The SMILES string of the molecule is NC(=O)c1ccccc1OCC(=O)Nc1ccc(N2CCCC2)cc1. The fraction of sp³-hybridized carbons (Fsp3) is 0.263. The molecule has 6 nitrogen and oxygen atoms in total. The molecule has 1 heterocycles. The highest BCUT2D eigenvalue weighted by molar-refractivity contribution is 5.96. The van der Waals surface area contributed by atoms with Crippen LogP contribution in [0.3, 0.4) is 0 Å². The number of nitrogens with zero attached hydrogens (tertiary/aromatic N) is 1. The maximum Gasteiger partial charge on any atom is 0.262 e. The lowest BCUT2D eigenvalue weighted by atomic mass is 10.2. The number of benzene rings is 2. The van der Waals surface area contributed by atoms with Gasteiger partial charge < -0.3 is 20.7 Å². The predicted octanol–water partition coefficient (Wildman–Crippen LogP) is 2.40. The molecule has 2 aromatic rings. The fourth-order valence-electron chi connectivity index (χ4n) is 2.87. The van der Waals surface area contributed by atoms with Gasteiger partial charge in [-0.15, -0.1) is 0 Å². The van der Waals surface area contributed by atoms with E-state index in [-0.39, 0.29) is 18.1 Å². The van der Waals surface area contributed by atoms with Crippen molar-refractivity contribution >= 4 is 23.2 Å². The lowest BCUT2D eigenvalue weighted by Gasteiger charge is -2.17. The molecule has 1 aliphatic heterocycles. The van der Waals surface area contributed by atoms with Gasteiger partial charge in [0.25, 0.3) is 11.8 Å². The zero-order valence-corrected chi connectivity index (χ0v) is 13.9. The molecule has 1 aliphatic rings. The summed E-state index contributed by atoms with van der Waals surface area (Å²) in [5.41, 5.74) is 7.42. The number of ether oxygens (including phenoxy) is 1. The number of para-hydroxylation sites is 1. The summed E-state index contributed by atoms with van der Waals surface area (Å²) in [5.74, 6) is -0.587. The number of carbonyl (C=O) groups excluding carboxylic acids is 2. The number of hydrogen-bond donors (Lipinski definition) is 2. The molecule has 0 unspecified atom stereocenters. The largest absolute Gasteiger partial charge is 0.483 e. The molecule has 2 amide bonds. The lowest BCUT2D eigenvalue weighted by Crippen LogP contribution is -2.22. The number of carbonyl (C=O) groups is 2. The summed E-state index contributed by atoms with van der Waals surface area (Å²) in [6, 6.07) is 14.3. The standard InChI is InChI=1S/C19H21N3O3/c20-19(24)16-5-1-2-6-17(16)25-13-18(23)21-14-7-9-15(10-8-14)22-11-3-4-12-22/h1-2,5-10H,3-4,11-13H2,(H2,20,24)(H,21,23). The summed E-state index contributed by atoms with van der Waals surface area (Å²) < 4.78 is 5.42. The van der Waals surface area contributed by atoms with E-state index in [1.165, 1.54) is 18.5 Å². The first-order valence-electron chi connectivity index (χ1n) is 8.30. The van der Waals surface area contributed by atoms with Crippen molar-refractivity contribution < 1.29 is 14.3 Å². The number of nitrogens with two attached hydrogens (primary N) is 1. The van der Waals surface area contributed by atoms with E-state index in [1.54, 1.807) is 24.3 Å². The van der Waals surface area contributed by atoms with E-state index in [2.05, 4.69) is 10.2 Å². The van der Waals surface area contributed by atoms with Gasteiger partial charge >= 0.3 is 0 Å². The van der Waals surface area contributed by atoms with Crippen LogP contribution in [0.1, 0.15) is 23.2 Å². The second kappa shape index (κ2) is 7.70. The Kier molecular flexibility index (Phi) is 5.18. The third-order valence-corrected chi connectivity index (χ3v) is 4.13. The summed E-state index contributed by atoms with van der Waals surface area (Å²) in [6.45, 7) is 1.97. The maximum atomic E-state index is 12.0. The van der Waals surface area contributed by atoms with E-state index in [4.69, 9.17) is 10.5 Å². The number of nitrogens with one attached hydrogen (secondary N) is 1. The summed E-state index contributed by atoms with van der Waals surface area (Å²) in [6.07, 6.45) is 2.45. The van der Waals surface area contributed by atoms with Crippen LogP contribution < -0.4 is 20.7 Å². The van der Waals surface area contributed by atoms with Crippen molar-refractivity contribution in [2.24, 2.45) is 5.73 Å². The summed E-state index contributed by atoms with van der Waals surface area (Å²) in [7, 11) is 0. The Morgan fingerprint density at radius 3 is 2.40 bits per heavy atom. The minimum absolute atomic E-state index is 0.196. The minimum atomic E-state index is -0.589. The van der Waals surface area contributed by atoms with Crippen molar-refractivity contribution in [2.45, 2.75) is 12.8 Å². The van der Waals surface area contributed by atoms with Crippen LogP contribution in [0.4, 0.5) is 11.4 Å². The van der Waals surface area contributed by atoms with E-state index >= 15 is 0 Å². The number of anilines is 2. The summed E-state index contributed by atoms with van der Waals surface area (Å²) in [5, 5.41) is 2.78. The van der Waals surface area contributed by atoms with E-state index in [9.17, 15) is 9.59 Å². The molecule has 1 fully saturated rings. The van der Waals surface area contributed by atoms with Crippen molar-refractivity contribution in [3.63, 3.8) is 0 Å². The van der Waals surface area contributed by atoms with Crippen LogP contribution in [0.25, 0.3) is 0 Å². The highest BCUT2D eigenvalue weighted by Crippen LogP contribution is 2.22. The highest BCUT2D eigenvalue weighted by Gasteiger charge is 2.13. The average molecular weight is 339 g/mol. The Morgan fingerprint density at radius 1 is 1.04 bits per heavy atom. The average Bonchev–Trinajstić information content (AvgIpc) is 3.15. The van der Waals surface area contributed by atoms with Gasteiger partial charge in [-0.25, -0.2) is 0 Å². The van der Waals surface area contributed by atoms with Gasteiger partial charge in [0.2, 0.25) is 0 Å². The third-order valence-electron chi connectivity index (χ3n) is 4.13. The maximum absolute atomic E-state index is 12.0. The molecule has 0 bridgehead atoms. The van der Waals surface area contributed by atoms with Crippen molar-refractivity contribution in [3.8, 4) is 5.75 Å². The Balaban J connectivity index is 1.55. The summed E-state index contributed by atoms with van der Waals surface area (Å²) in [4.78, 5) is 25.7. The Morgan fingerprint density at radius 2 is 1.72 bits per heavy atom. The van der Waals surface area contributed by atoms with Crippen LogP contribution in [0.5, 0.6) is 5.75 Å². The van der Waals surface area contributed by atoms with Gasteiger partial charge in [-0.1, -0.05) is 12.1 Å². The molecule has 0 spiro atoms. The Hall–Kier alpha value is -3.02. The Labute approximate surface area is 146 Å². The van der Waals surface area contributed by atoms with Gasteiger partial charge in [0.05, 0.1) is 5.56 Å². The molecule has 0 aromatic heterocycles. The van der Waals surface area contributed by atoms with Gasteiger partial charge in [-0.3, -0.25) is 9.59 Å². The first-order valence-corrected chi connectivity index (χ1v) is 8.30. The lowest BCUT2D eigenvalue weighted by molar-refractivity contribution is -0.118. The summed E-state index contributed by atoms with van der Waals surface area (Å²) >= 11 is 0. The monoisotopic (exact) mass is 339 g/mol. The van der Waals surface area contributed by atoms with Crippen LogP contribution in [-0.2, 0) is 4.79 Å². The van der Waals surface area contributed by atoms with Gasteiger partial charge in [-0.2, -0.15) is 0 Å². The number of hydrogen-bond acceptors (Lipinski definition) is 4. The van der Waals surface area contributed by atoms with Crippen LogP contribution >= 0.6 is 0 Å². The predicted molar refractivity (Wildman–Crippen MR) is 97.0 cm³/mol. The van der Waals surface area contributed by atoms with E-state index in [0.29, 0.717) is 11.4 Å². The van der Waals surface area contributed by atoms with Crippen molar-refractivity contribution in [1.82, 2.24) is 0 Å². The van der Waals surface area contributed by atoms with E-state index in [1.807, 2.05) is 24.3 Å². The van der Waals surface area contributed by atoms with Crippen LogP contribution in [-0.4, -0.2) is 31.5 Å². The zero-order chi connectivity index (χ0) is 17.6. The van der Waals surface area contributed by atoms with Crippen molar-refractivity contribution in [3.05, 3.63) is 54.1 Å². The van der Waals surface area contributed by atoms with Gasteiger partial charge in [0.1, 0.15) is 5.75 Å². The third kappa shape index (κ3) is 4.29. The second-order valence-electron chi connectivity index (χ2n) is 5.94. The van der Waals surface area contributed by atoms with Gasteiger partial charge in [0.15, 0.2) is 6.61 Å². The molecule has 25 heavy (non-hydrogen) atoms. The fourth-order valence-corrected chi connectivity index (χ4v) is 2.87. The molecule has 0 atom stereocenters. The molecule has 0 aliphatic carbocycles.